The van der Waals surface area contributed by atoms with Crippen molar-refractivity contribution in [1.82, 2.24) is 25.2 Å². The van der Waals surface area contributed by atoms with E-state index < -0.39 is 38.4 Å². The van der Waals surface area contributed by atoms with Gasteiger partial charge in [0.2, 0.25) is 21.8 Å². The number of β-amino-alcohol motifs (C(OH)–C–C–N with tert-alkyl or cyclic N) is 1. The van der Waals surface area contributed by atoms with Gasteiger partial charge in [0.25, 0.3) is 0 Å². The largest absolute Gasteiger partial charge is 0.391 e. The van der Waals surface area contributed by atoms with Gasteiger partial charge in [0, 0.05) is 20.0 Å². The Morgan fingerprint density at radius 2 is 2.00 bits per heavy atom. The summed E-state index contributed by atoms with van der Waals surface area (Å²) in [5.41, 5.74) is -0.403. The van der Waals surface area contributed by atoms with Crippen molar-refractivity contribution in [3.63, 3.8) is 0 Å². The Labute approximate surface area is 176 Å². The third-order valence-electron chi connectivity index (χ3n) is 6.11. The highest BCUT2D eigenvalue weighted by Crippen LogP contribution is 2.46. The summed E-state index contributed by atoms with van der Waals surface area (Å²) < 4.78 is 24.5. The second kappa shape index (κ2) is 7.57. The molecule has 0 spiro atoms. The molecule has 2 unspecified atom stereocenters. The third kappa shape index (κ3) is 3.71. The molecule has 1 aromatic heterocycles. The topological polar surface area (TPSA) is 161 Å². The molecule has 168 valence electrons. The summed E-state index contributed by atoms with van der Waals surface area (Å²) in [6.07, 6.45) is 2.25. The Bertz CT molecular complexity index is 933. The van der Waals surface area contributed by atoms with Gasteiger partial charge in [-0.15, -0.1) is 5.10 Å². The predicted molar refractivity (Wildman–Crippen MR) is 107 cm³/mol. The number of hydrogen-bond donors (Lipinski definition) is 3. The van der Waals surface area contributed by atoms with Crippen molar-refractivity contribution in [2.45, 2.75) is 69.4 Å². The van der Waals surface area contributed by atoms with Gasteiger partial charge >= 0.3 is 0 Å². The van der Waals surface area contributed by atoms with Crippen LogP contribution in [-0.2, 0) is 24.4 Å². The molecule has 2 heterocycles. The molecule has 1 aromatic rings. The number of primary sulfonamides is 1. The quantitative estimate of drug-likeness (QED) is 0.540. The number of carbonyl (C=O) groups is 2. The molecular formula is C18H30N6O5S. The molecule has 3 atom stereocenters. The Balaban J connectivity index is 1.98. The summed E-state index contributed by atoms with van der Waals surface area (Å²) in [6, 6.07) is -1.64. The minimum atomic E-state index is -3.89. The smallest absolute Gasteiger partial charge is 0.248 e. The Kier molecular flexibility index (Phi) is 5.71. The van der Waals surface area contributed by atoms with Crippen LogP contribution in [0.4, 0.5) is 0 Å². The lowest BCUT2D eigenvalue weighted by atomic mass is 9.82. The van der Waals surface area contributed by atoms with Crippen LogP contribution in [0.3, 0.4) is 0 Å². The van der Waals surface area contributed by atoms with Gasteiger partial charge < -0.3 is 15.3 Å². The van der Waals surface area contributed by atoms with Crippen molar-refractivity contribution in [2.24, 2.45) is 10.6 Å². The van der Waals surface area contributed by atoms with Gasteiger partial charge in [-0.3, -0.25) is 9.59 Å². The highest BCUT2D eigenvalue weighted by atomic mass is 32.2. The van der Waals surface area contributed by atoms with Crippen molar-refractivity contribution in [2.75, 3.05) is 13.6 Å². The molecule has 0 bridgehead atoms. The fraction of sp³-hybridized carbons (Fsp3) is 0.778. The first kappa shape index (κ1) is 22.6. The van der Waals surface area contributed by atoms with E-state index in [-0.39, 0.29) is 30.5 Å². The number of aliphatic hydroxyl groups is 1. The molecular weight excluding hydrogens is 412 g/mol. The van der Waals surface area contributed by atoms with Gasteiger partial charge in [-0.2, -0.15) is 0 Å². The molecule has 2 amide bonds. The molecule has 1 aliphatic carbocycles. The average Bonchev–Trinajstić information content (AvgIpc) is 3.17. The highest BCUT2D eigenvalue weighted by Gasteiger charge is 2.52. The van der Waals surface area contributed by atoms with Crippen molar-refractivity contribution in [3.8, 4) is 0 Å². The van der Waals surface area contributed by atoms with Crippen LogP contribution in [0.1, 0.15) is 58.2 Å². The van der Waals surface area contributed by atoms with Crippen molar-refractivity contribution < 1.29 is 23.1 Å². The first-order chi connectivity index (χ1) is 13.8. The molecule has 2 fully saturated rings. The minimum absolute atomic E-state index is 0.0339. The third-order valence-corrected chi connectivity index (χ3v) is 7.82. The molecule has 11 nitrogen and oxygen atoms in total. The molecule has 12 heteroatoms. The SMILES string of the molecule is CNC(=O)C1CC(O)CN1C(=O)[C@@H](n1cc(C2(S(N)(=O)=O)CCC2)nn1)C(C)(C)C. The van der Waals surface area contributed by atoms with Gasteiger partial charge in [0.15, 0.2) is 0 Å². The summed E-state index contributed by atoms with van der Waals surface area (Å²) in [6.45, 7) is 5.57. The van der Waals surface area contributed by atoms with E-state index in [0.29, 0.717) is 19.3 Å². The van der Waals surface area contributed by atoms with E-state index in [2.05, 4.69) is 15.6 Å². The zero-order valence-electron chi connectivity index (χ0n) is 17.7. The second-order valence-corrected chi connectivity index (χ2v) is 11.1. The maximum atomic E-state index is 13.5. The summed E-state index contributed by atoms with van der Waals surface area (Å²) >= 11 is 0. The van der Waals surface area contributed by atoms with Crippen LogP contribution in [0.5, 0.6) is 0 Å². The molecule has 1 saturated heterocycles. The molecule has 0 radical (unpaired) electrons. The standard InChI is InChI=1S/C18H30N6O5S/c1-17(2,3)14(16(27)23-9-11(25)8-12(23)15(26)20-4)24-10-13(21-22-24)18(6-5-7-18)30(19,28)29/h10-12,14,25H,5-9H2,1-4H3,(H,20,26)(H2,19,28,29)/t11?,12?,14-/m1/s1. The fourth-order valence-electron chi connectivity index (χ4n) is 4.31. The number of nitrogens with zero attached hydrogens (tertiary/aromatic N) is 4. The van der Waals surface area contributed by atoms with Crippen molar-refractivity contribution in [1.29, 1.82) is 0 Å². The lowest BCUT2D eigenvalue weighted by molar-refractivity contribution is -0.144. The van der Waals surface area contributed by atoms with Crippen LogP contribution in [-0.4, -0.2) is 71.0 Å². The number of likely N-dealkylation sites (tertiary alicyclic amines) is 1. The van der Waals surface area contributed by atoms with Crippen LogP contribution in [0.15, 0.2) is 6.20 Å². The lowest BCUT2D eigenvalue weighted by Crippen LogP contribution is -2.50. The number of nitrogens with two attached hydrogens (primary N) is 1. The molecule has 1 aliphatic heterocycles. The molecule has 4 N–H and O–H groups in total. The van der Waals surface area contributed by atoms with Crippen LogP contribution in [0.25, 0.3) is 0 Å². The van der Waals surface area contributed by atoms with Crippen molar-refractivity contribution >= 4 is 21.8 Å². The molecule has 1 saturated carbocycles. The predicted octanol–water partition coefficient (Wildman–Crippen LogP) is -0.759. The minimum Gasteiger partial charge on any atom is -0.391 e. The van der Waals surface area contributed by atoms with E-state index in [1.54, 1.807) is 0 Å². The van der Waals surface area contributed by atoms with Crippen LogP contribution >= 0.6 is 0 Å². The van der Waals surface area contributed by atoms with E-state index in [4.69, 9.17) is 5.14 Å². The number of aromatic nitrogens is 3. The number of amides is 2. The normalized spacial score (nSPS) is 24.9. The number of sulfonamides is 1. The van der Waals surface area contributed by atoms with E-state index in [9.17, 15) is 23.1 Å². The number of nitrogens with one attached hydrogen (secondary N) is 1. The van der Waals surface area contributed by atoms with Gasteiger partial charge in [0.05, 0.1) is 12.3 Å². The van der Waals surface area contributed by atoms with Crippen LogP contribution in [0.2, 0.25) is 0 Å². The number of aliphatic hydroxyl groups excluding tert-OH is 1. The van der Waals surface area contributed by atoms with Crippen LogP contribution < -0.4 is 10.5 Å². The molecule has 2 aliphatic rings. The van der Waals surface area contributed by atoms with E-state index in [1.165, 1.54) is 22.8 Å². The number of likely N-dealkylation sites (N-methyl/N-ethyl adjacent to an activating group) is 1. The van der Waals surface area contributed by atoms with Crippen LogP contribution in [0, 0.1) is 5.41 Å². The molecule has 3 rings (SSSR count). The average molecular weight is 443 g/mol. The monoisotopic (exact) mass is 442 g/mol. The highest BCUT2D eigenvalue weighted by molar-refractivity contribution is 7.90. The van der Waals surface area contributed by atoms with Gasteiger partial charge in [-0.1, -0.05) is 26.0 Å². The molecule has 30 heavy (non-hydrogen) atoms. The Morgan fingerprint density at radius 1 is 1.37 bits per heavy atom. The Hall–Kier alpha value is -2.05. The van der Waals surface area contributed by atoms with E-state index in [0.717, 1.165) is 0 Å². The number of carbonyl (C=O) groups excluding carboxylic acids is 2. The van der Waals surface area contributed by atoms with E-state index in [1.807, 2.05) is 20.8 Å². The zero-order chi connectivity index (χ0) is 22.5. The Morgan fingerprint density at radius 3 is 2.47 bits per heavy atom. The zero-order valence-corrected chi connectivity index (χ0v) is 18.5. The summed E-state index contributed by atoms with van der Waals surface area (Å²) in [7, 11) is -2.41. The van der Waals surface area contributed by atoms with Crippen molar-refractivity contribution in [3.05, 3.63) is 11.9 Å². The number of hydrogen-bond acceptors (Lipinski definition) is 7. The van der Waals surface area contributed by atoms with Gasteiger partial charge in [-0.05, 0) is 24.7 Å². The lowest BCUT2D eigenvalue weighted by Gasteiger charge is -2.37. The molecule has 0 aromatic carbocycles. The first-order valence-corrected chi connectivity index (χ1v) is 11.5. The van der Waals surface area contributed by atoms with Gasteiger partial charge in [0.1, 0.15) is 22.5 Å². The fourth-order valence-corrected chi connectivity index (χ4v) is 5.55. The maximum absolute atomic E-state index is 13.5. The summed E-state index contributed by atoms with van der Waals surface area (Å²) in [4.78, 5) is 27.1. The maximum Gasteiger partial charge on any atom is 0.248 e. The number of rotatable bonds is 5. The second-order valence-electron chi connectivity index (χ2n) is 9.26. The van der Waals surface area contributed by atoms with Gasteiger partial charge in [-0.25, -0.2) is 18.2 Å². The first-order valence-electron chi connectivity index (χ1n) is 9.96. The summed E-state index contributed by atoms with van der Waals surface area (Å²) in [5.74, 6) is -0.739. The van der Waals surface area contributed by atoms with E-state index >= 15 is 0 Å². The summed E-state index contributed by atoms with van der Waals surface area (Å²) in [5, 5.41) is 26.2.